The molecule has 0 saturated carbocycles. The topological polar surface area (TPSA) is 61.8 Å². The van der Waals surface area contributed by atoms with E-state index < -0.39 is 6.10 Å². The van der Waals surface area contributed by atoms with Gasteiger partial charge in [-0.2, -0.15) is 0 Å². The van der Waals surface area contributed by atoms with Gasteiger partial charge in [-0.15, -0.1) is 0 Å². The monoisotopic (exact) mass is 617 g/mol. The number of rotatable bonds is 32. The molecule has 0 radical (unpaired) electrons. The summed E-state index contributed by atoms with van der Waals surface area (Å²) >= 11 is 0. The van der Waals surface area contributed by atoms with Gasteiger partial charge in [0, 0.05) is 19.4 Å². The normalized spacial score (nSPS) is 12.7. The molecule has 0 N–H and O–H groups in total. The summed E-state index contributed by atoms with van der Waals surface area (Å²) in [5.74, 6) is -0.463. The molecule has 0 aromatic carbocycles. The molecule has 0 bridgehead atoms. The molecule has 0 aliphatic rings. The van der Waals surface area contributed by atoms with Crippen LogP contribution in [0.2, 0.25) is 0 Å². The molecule has 0 saturated heterocycles. The minimum Gasteiger partial charge on any atom is -0.462 e. The summed E-state index contributed by atoms with van der Waals surface area (Å²) in [6.45, 7) is 7.55. The van der Waals surface area contributed by atoms with Gasteiger partial charge in [0.1, 0.15) is 6.61 Å². The highest BCUT2D eigenvalue weighted by Gasteiger charge is 2.17. The van der Waals surface area contributed by atoms with Gasteiger partial charge < -0.3 is 14.2 Å². The Bertz CT molecular complexity index is 752. The Labute approximate surface area is 272 Å². The fourth-order valence-electron chi connectivity index (χ4n) is 4.67. The molecule has 0 aliphatic heterocycles. The standard InChI is InChI=1S/C39H68O5/c1-4-7-10-13-15-17-18-19-20-21-22-23-24-27-29-32-38(40)43-36-37(44-39(41)33-30-26-12-9-6-3)35-42-34-31-28-25-16-14-11-8-5-2/h7,10,15,17,19-20,22-23,37H,4-6,8-9,11-14,16,18,21,24-36H2,1-3H3/b10-7-,17-15-,20-19-,23-22-. The quantitative estimate of drug-likeness (QED) is 0.0427. The lowest BCUT2D eigenvalue weighted by Gasteiger charge is -2.18. The van der Waals surface area contributed by atoms with Gasteiger partial charge in [0.25, 0.3) is 0 Å². The first kappa shape index (κ1) is 41.9. The summed E-state index contributed by atoms with van der Waals surface area (Å²) < 4.78 is 17.0. The number of hydrogen-bond acceptors (Lipinski definition) is 5. The van der Waals surface area contributed by atoms with Crippen molar-refractivity contribution in [1.82, 2.24) is 0 Å². The molecule has 0 aromatic rings. The molecule has 1 unspecified atom stereocenters. The Hall–Kier alpha value is -2.14. The third-order valence-electron chi connectivity index (χ3n) is 7.38. The molecule has 0 rings (SSSR count). The molecule has 0 amide bonds. The molecule has 1 atom stereocenters. The fraction of sp³-hybridized carbons (Fsp3) is 0.744. The van der Waals surface area contributed by atoms with Gasteiger partial charge >= 0.3 is 11.9 Å². The summed E-state index contributed by atoms with van der Waals surface area (Å²) in [5.41, 5.74) is 0. The molecule has 0 spiro atoms. The predicted molar refractivity (Wildman–Crippen MR) is 187 cm³/mol. The second-order valence-electron chi connectivity index (χ2n) is 11.8. The van der Waals surface area contributed by atoms with Gasteiger partial charge in [-0.3, -0.25) is 9.59 Å². The Balaban J connectivity index is 4.19. The maximum absolute atomic E-state index is 12.4. The van der Waals surface area contributed by atoms with E-state index in [4.69, 9.17) is 14.2 Å². The van der Waals surface area contributed by atoms with Gasteiger partial charge in [0.05, 0.1) is 6.61 Å². The van der Waals surface area contributed by atoms with E-state index in [0.29, 0.717) is 19.4 Å². The number of unbranched alkanes of at least 4 members (excludes halogenated alkanes) is 13. The highest BCUT2D eigenvalue weighted by molar-refractivity contribution is 5.70. The zero-order valence-electron chi connectivity index (χ0n) is 28.9. The molecule has 254 valence electrons. The molecule has 0 fully saturated rings. The number of hydrogen-bond donors (Lipinski definition) is 0. The van der Waals surface area contributed by atoms with Crippen LogP contribution in [0.1, 0.15) is 162 Å². The van der Waals surface area contributed by atoms with Crippen molar-refractivity contribution in [3.8, 4) is 0 Å². The zero-order valence-corrected chi connectivity index (χ0v) is 28.9. The Kier molecular flexibility index (Phi) is 33.6. The van der Waals surface area contributed by atoms with Gasteiger partial charge in [-0.1, -0.05) is 140 Å². The van der Waals surface area contributed by atoms with Crippen molar-refractivity contribution in [3.63, 3.8) is 0 Å². The number of carbonyl (C=O) groups is 2. The first-order valence-electron chi connectivity index (χ1n) is 18.2. The van der Waals surface area contributed by atoms with E-state index in [9.17, 15) is 9.59 Å². The number of ether oxygens (including phenoxy) is 3. The Morgan fingerprint density at radius 1 is 0.523 bits per heavy atom. The van der Waals surface area contributed by atoms with E-state index in [1.165, 1.54) is 51.4 Å². The van der Waals surface area contributed by atoms with Crippen LogP contribution < -0.4 is 0 Å². The van der Waals surface area contributed by atoms with Crippen molar-refractivity contribution < 1.29 is 23.8 Å². The van der Waals surface area contributed by atoms with E-state index in [-0.39, 0.29) is 25.2 Å². The van der Waals surface area contributed by atoms with Crippen LogP contribution in [0.5, 0.6) is 0 Å². The number of carbonyl (C=O) groups excluding carboxylic acids is 2. The maximum Gasteiger partial charge on any atom is 0.306 e. The van der Waals surface area contributed by atoms with E-state index in [1.807, 2.05) is 0 Å². The molecule has 5 heteroatoms. The zero-order chi connectivity index (χ0) is 32.2. The van der Waals surface area contributed by atoms with Crippen LogP contribution in [0.4, 0.5) is 0 Å². The molecule has 0 aromatic heterocycles. The van der Waals surface area contributed by atoms with E-state index in [1.54, 1.807) is 0 Å². The summed E-state index contributed by atoms with van der Waals surface area (Å²) in [5, 5.41) is 0. The fourth-order valence-corrected chi connectivity index (χ4v) is 4.67. The highest BCUT2D eigenvalue weighted by Crippen LogP contribution is 2.11. The van der Waals surface area contributed by atoms with Crippen molar-refractivity contribution in [2.45, 2.75) is 168 Å². The van der Waals surface area contributed by atoms with Gasteiger partial charge in [-0.25, -0.2) is 0 Å². The van der Waals surface area contributed by atoms with Crippen LogP contribution in [0.15, 0.2) is 48.6 Å². The van der Waals surface area contributed by atoms with Gasteiger partial charge in [0.15, 0.2) is 6.10 Å². The summed E-state index contributed by atoms with van der Waals surface area (Å²) in [6.07, 6.45) is 39.8. The Morgan fingerprint density at radius 2 is 1.02 bits per heavy atom. The van der Waals surface area contributed by atoms with Crippen molar-refractivity contribution in [2.75, 3.05) is 19.8 Å². The lowest BCUT2D eigenvalue weighted by molar-refractivity contribution is -0.163. The van der Waals surface area contributed by atoms with E-state index in [0.717, 1.165) is 77.0 Å². The van der Waals surface area contributed by atoms with E-state index in [2.05, 4.69) is 69.4 Å². The van der Waals surface area contributed by atoms with Crippen LogP contribution in [0.3, 0.4) is 0 Å². The molecule has 5 nitrogen and oxygen atoms in total. The highest BCUT2D eigenvalue weighted by atomic mass is 16.6. The van der Waals surface area contributed by atoms with Crippen molar-refractivity contribution in [3.05, 3.63) is 48.6 Å². The lowest BCUT2D eigenvalue weighted by atomic mass is 10.1. The third-order valence-corrected chi connectivity index (χ3v) is 7.38. The van der Waals surface area contributed by atoms with Crippen LogP contribution in [-0.2, 0) is 23.8 Å². The number of allylic oxidation sites excluding steroid dienone is 8. The number of esters is 2. The van der Waals surface area contributed by atoms with Crippen LogP contribution >= 0.6 is 0 Å². The largest absolute Gasteiger partial charge is 0.462 e. The van der Waals surface area contributed by atoms with Crippen molar-refractivity contribution >= 4 is 11.9 Å². The molecular formula is C39H68O5. The van der Waals surface area contributed by atoms with Crippen molar-refractivity contribution in [2.24, 2.45) is 0 Å². The average molecular weight is 617 g/mol. The molecule has 0 aliphatic carbocycles. The van der Waals surface area contributed by atoms with Crippen LogP contribution in [-0.4, -0.2) is 37.9 Å². The Morgan fingerprint density at radius 3 is 1.64 bits per heavy atom. The minimum absolute atomic E-state index is 0.0642. The van der Waals surface area contributed by atoms with Crippen molar-refractivity contribution in [1.29, 1.82) is 0 Å². The van der Waals surface area contributed by atoms with E-state index >= 15 is 0 Å². The second kappa shape index (κ2) is 35.3. The first-order valence-corrected chi connectivity index (χ1v) is 18.2. The summed E-state index contributed by atoms with van der Waals surface area (Å²) in [7, 11) is 0. The SMILES string of the molecule is CC/C=C\C/C=C\C/C=C\C/C=C\CCCCC(=O)OCC(COCCCCCCCCCC)OC(=O)CCCCCCC. The van der Waals surface area contributed by atoms with Gasteiger partial charge in [-0.05, 0) is 57.8 Å². The second-order valence-corrected chi connectivity index (χ2v) is 11.8. The van der Waals surface area contributed by atoms with Crippen LogP contribution in [0, 0.1) is 0 Å². The van der Waals surface area contributed by atoms with Gasteiger partial charge in [0.2, 0.25) is 0 Å². The third kappa shape index (κ3) is 32.8. The summed E-state index contributed by atoms with van der Waals surface area (Å²) in [4.78, 5) is 24.7. The molecule has 44 heavy (non-hydrogen) atoms. The molecule has 0 heterocycles. The minimum atomic E-state index is -0.541. The lowest BCUT2D eigenvalue weighted by Crippen LogP contribution is -2.30. The summed E-state index contributed by atoms with van der Waals surface area (Å²) in [6, 6.07) is 0. The predicted octanol–water partition coefficient (Wildman–Crippen LogP) is 11.3. The van der Waals surface area contributed by atoms with Crippen LogP contribution in [0.25, 0.3) is 0 Å². The smallest absolute Gasteiger partial charge is 0.306 e. The maximum atomic E-state index is 12.4. The average Bonchev–Trinajstić information content (AvgIpc) is 3.02. The molecular weight excluding hydrogens is 548 g/mol. The first-order chi connectivity index (χ1) is 21.6.